The summed E-state index contributed by atoms with van der Waals surface area (Å²) in [6, 6.07) is 56.8. The van der Waals surface area contributed by atoms with Crippen LogP contribution in [0.3, 0.4) is 0 Å². The lowest BCUT2D eigenvalue weighted by molar-refractivity contribution is 0.854. The summed E-state index contributed by atoms with van der Waals surface area (Å²) in [7, 11) is 0. The zero-order valence-electron chi connectivity index (χ0n) is 24.1. The van der Waals surface area contributed by atoms with Gasteiger partial charge in [-0.2, -0.15) is 0 Å². The van der Waals surface area contributed by atoms with Crippen molar-refractivity contribution in [3.8, 4) is 33.4 Å². The number of para-hydroxylation sites is 2. The summed E-state index contributed by atoms with van der Waals surface area (Å²) in [4.78, 5) is 2.38. The lowest BCUT2D eigenvalue weighted by Crippen LogP contribution is -2.11. The lowest BCUT2D eigenvalue weighted by Gasteiger charge is -2.28. The van der Waals surface area contributed by atoms with E-state index >= 15 is 0 Å². The largest absolute Gasteiger partial charge is 0.310 e. The Morgan fingerprint density at radius 2 is 1.00 bits per heavy atom. The van der Waals surface area contributed by atoms with E-state index < -0.39 is 0 Å². The standard InChI is InChI=1S/C42H33N/c1-4-15-32(16-5-1)33-27-29-38(30-28-33)43(37-21-8-3-9-22-37)42-26-13-12-25-41(42)36-20-14-19-35(31-36)40-24-11-10-23-39(40)34-17-6-2-7-18-34/h1-15,17-32H,16H2. The molecule has 0 radical (unpaired) electrons. The Hall–Kier alpha value is -5.40. The summed E-state index contributed by atoms with van der Waals surface area (Å²) in [5.74, 6) is 0.429. The summed E-state index contributed by atoms with van der Waals surface area (Å²) in [5, 5.41) is 0. The van der Waals surface area contributed by atoms with E-state index in [4.69, 9.17) is 0 Å². The molecule has 7 rings (SSSR count). The highest BCUT2D eigenvalue weighted by Crippen LogP contribution is 2.42. The molecule has 0 aliphatic heterocycles. The van der Waals surface area contributed by atoms with Gasteiger partial charge in [0.15, 0.2) is 0 Å². The Morgan fingerprint density at radius 1 is 0.442 bits per heavy atom. The predicted molar refractivity (Wildman–Crippen MR) is 183 cm³/mol. The molecule has 0 amide bonds. The minimum Gasteiger partial charge on any atom is -0.310 e. The van der Waals surface area contributed by atoms with Crippen LogP contribution in [-0.4, -0.2) is 0 Å². The van der Waals surface area contributed by atoms with Crippen LogP contribution in [0.25, 0.3) is 33.4 Å². The third-order valence-corrected chi connectivity index (χ3v) is 8.22. The van der Waals surface area contributed by atoms with Crippen molar-refractivity contribution >= 4 is 17.1 Å². The Kier molecular flexibility index (Phi) is 7.53. The highest BCUT2D eigenvalue weighted by molar-refractivity contribution is 5.91. The van der Waals surface area contributed by atoms with Crippen LogP contribution in [0.2, 0.25) is 0 Å². The van der Waals surface area contributed by atoms with Crippen molar-refractivity contribution in [2.75, 3.05) is 4.90 Å². The monoisotopic (exact) mass is 551 g/mol. The second kappa shape index (κ2) is 12.2. The van der Waals surface area contributed by atoms with E-state index in [0.29, 0.717) is 5.92 Å². The molecule has 206 valence electrons. The first-order valence-corrected chi connectivity index (χ1v) is 15.0. The lowest BCUT2D eigenvalue weighted by atomic mass is 9.92. The molecule has 0 fully saturated rings. The van der Waals surface area contributed by atoms with Crippen molar-refractivity contribution in [1.82, 2.24) is 0 Å². The van der Waals surface area contributed by atoms with Crippen LogP contribution >= 0.6 is 0 Å². The number of nitrogens with zero attached hydrogens (tertiary/aromatic N) is 1. The SMILES string of the molecule is C1=CCC(c2ccc(N(c3ccccc3)c3ccccc3-c3cccc(-c4ccccc4-c4ccccc4)c3)cc2)C=C1. The van der Waals surface area contributed by atoms with Gasteiger partial charge in [-0.3, -0.25) is 0 Å². The maximum absolute atomic E-state index is 2.38. The normalized spacial score (nSPS) is 14.0. The van der Waals surface area contributed by atoms with Crippen molar-refractivity contribution in [2.24, 2.45) is 0 Å². The van der Waals surface area contributed by atoms with Crippen LogP contribution < -0.4 is 4.90 Å². The average Bonchev–Trinajstić information content (AvgIpc) is 3.10. The van der Waals surface area contributed by atoms with E-state index in [1.54, 1.807) is 0 Å². The zero-order chi connectivity index (χ0) is 28.8. The fourth-order valence-corrected chi connectivity index (χ4v) is 6.07. The van der Waals surface area contributed by atoms with Gasteiger partial charge < -0.3 is 4.90 Å². The molecule has 0 saturated carbocycles. The number of hydrogen-bond donors (Lipinski definition) is 0. The molecule has 0 aromatic heterocycles. The first kappa shape index (κ1) is 26.5. The zero-order valence-corrected chi connectivity index (χ0v) is 24.1. The van der Waals surface area contributed by atoms with Crippen LogP contribution in [0.1, 0.15) is 17.9 Å². The van der Waals surface area contributed by atoms with Gasteiger partial charge in [-0.15, -0.1) is 0 Å². The van der Waals surface area contributed by atoms with E-state index in [0.717, 1.165) is 23.5 Å². The topological polar surface area (TPSA) is 3.24 Å². The van der Waals surface area contributed by atoms with Crippen molar-refractivity contribution in [1.29, 1.82) is 0 Å². The highest BCUT2D eigenvalue weighted by atomic mass is 15.1. The van der Waals surface area contributed by atoms with Gasteiger partial charge in [0.1, 0.15) is 0 Å². The second-order valence-electron chi connectivity index (χ2n) is 10.9. The van der Waals surface area contributed by atoms with Gasteiger partial charge in [-0.05, 0) is 76.2 Å². The first-order valence-electron chi connectivity index (χ1n) is 15.0. The summed E-state index contributed by atoms with van der Waals surface area (Å²) in [6.45, 7) is 0. The molecule has 1 aliphatic carbocycles. The third kappa shape index (κ3) is 5.58. The molecule has 0 heterocycles. The maximum Gasteiger partial charge on any atom is 0.0540 e. The van der Waals surface area contributed by atoms with Crippen LogP contribution in [0.5, 0.6) is 0 Å². The molecule has 43 heavy (non-hydrogen) atoms. The Bertz CT molecular complexity index is 1880. The molecule has 0 bridgehead atoms. The molecule has 0 N–H and O–H groups in total. The molecule has 6 aromatic rings. The number of benzene rings is 6. The minimum atomic E-state index is 0.429. The minimum absolute atomic E-state index is 0.429. The van der Waals surface area contributed by atoms with Crippen molar-refractivity contribution in [3.63, 3.8) is 0 Å². The Balaban J connectivity index is 1.32. The van der Waals surface area contributed by atoms with Gasteiger partial charge in [0.25, 0.3) is 0 Å². The number of anilines is 3. The quantitative estimate of drug-likeness (QED) is 0.191. The van der Waals surface area contributed by atoms with E-state index in [2.05, 4.69) is 187 Å². The van der Waals surface area contributed by atoms with Gasteiger partial charge in [0.05, 0.1) is 5.69 Å². The summed E-state index contributed by atoms with van der Waals surface area (Å²) >= 11 is 0. The summed E-state index contributed by atoms with van der Waals surface area (Å²) < 4.78 is 0. The molecule has 1 nitrogen and oxygen atoms in total. The molecule has 0 spiro atoms. The van der Waals surface area contributed by atoms with E-state index in [-0.39, 0.29) is 0 Å². The van der Waals surface area contributed by atoms with Crippen LogP contribution in [0, 0.1) is 0 Å². The second-order valence-corrected chi connectivity index (χ2v) is 10.9. The van der Waals surface area contributed by atoms with Gasteiger partial charge in [-0.1, -0.05) is 146 Å². The van der Waals surface area contributed by atoms with E-state index in [1.807, 2.05) is 0 Å². The summed E-state index contributed by atoms with van der Waals surface area (Å²) in [6.07, 6.45) is 9.87. The fraction of sp³-hybridized carbons (Fsp3) is 0.0476. The Morgan fingerprint density at radius 3 is 1.70 bits per heavy atom. The van der Waals surface area contributed by atoms with Crippen molar-refractivity contribution in [3.05, 3.63) is 188 Å². The van der Waals surface area contributed by atoms with Crippen molar-refractivity contribution < 1.29 is 0 Å². The molecule has 1 heteroatoms. The van der Waals surface area contributed by atoms with Gasteiger partial charge in [-0.25, -0.2) is 0 Å². The molecule has 6 aromatic carbocycles. The van der Waals surface area contributed by atoms with E-state index in [1.165, 1.54) is 38.9 Å². The first-order chi connectivity index (χ1) is 21.3. The number of rotatable bonds is 7. The highest BCUT2D eigenvalue weighted by Gasteiger charge is 2.18. The molecule has 0 saturated heterocycles. The van der Waals surface area contributed by atoms with Gasteiger partial charge in [0.2, 0.25) is 0 Å². The maximum atomic E-state index is 2.38. The van der Waals surface area contributed by atoms with Crippen molar-refractivity contribution in [2.45, 2.75) is 12.3 Å². The average molecular weight is 552 g/mol. The van der Waals surface area contributed by atoms with E-state index in [9.17, 15) is 0 Å². The van der Waals surface area contributed by atoms with Crippen LogP contribution in [0.15, 0.2) is 182 Å². The molecular formula is C42H33N. The van der Waals surface area contributed by atoms with Gasteiger partial charge >= 0.3 is 0 Å². The smallest absolute Gasteiger partial charge is 0.0540 e. The molecule has 1 unspecified atom stereocenters. The number of allylic oxidation sites excluding steroid dienone is 4. The number of hydrogen-bond acceptors (Lipinski definition) is 1. The predicted octanol–water partition coefficient (Wildman–Crippen LogP) is 11.8. The molecule has 1 atom stereocenters. The Labute approximate surface area is 254 Å². The summed E-state index contributed by atoms with van der Waals surface area (Å²) in [5.41, 5.74) is 12.0. The van der Waals surface area contributed by atoms with Gasteiger partial charge in [0, 0.05) is 22.9 Å². The fourth-order valence-electron chi connectivity index (χ4n) is 6.07. The molecule has 1 aliphatic rings. The molecular weight excluding hydrogens is 518 g/mol. The van der Waals surface area contributed by atoms with Crippen LogP contribution in [-0.2, 0) is 0 Å². The third-order valence-electron chi connectivity index (χ3n) is 8.22. The van der Waals surface area contributed by atoms with Crippen LogP contribution in [0.4, 0.5) is 17.1 Å².